The van der Waals surface area contributed by atoms with Crippen LogP contribution in [-0.2, 0) is 9.53 Å². The molecule has 1 aliphatic heterocycles. The van der Waals surface area contributed by atoms with Crippen LogP contribution in [0.4, 0.5) is 0 Å². The summed E-state index contributed by atoms with van der Waals surface area (Å²) in [7, 11) is 0. The fourth-order valence-corrected chi connectivity index (χ4v) is 1.52. The molecule has 0 unspecified atom stereocenters. The fourth-order valence-electron chi connectivity index (χ4n) is 1.52. The molecule has 64 valence electrons. The van der Waals surface area contributed by atoms with Gasteiger partial charge in [0.1, 0.15) is 0 Å². The van der Waals surface area contributed by atoms with Crippen LogP contribution in [0.25, 0.3) is 0 Å². The summed E-state index contributed by atoms with van der Waals surface area (Å²) in [6.07, 6.45) is 2.40. The van der Waals surface area contributed by atoms with E-state index in [1.165, 1.54) is 0 Å². The summed E-state index contributed by atoms with van der Waals surface area (Å²) < 4.78 is 5.32. The minimum atomic E-state index is -0.712. The third-order valence-electron chi connectivity index (χ3n) is 2.16. The number of ether oxygens (including phenoxy) is 1. The summed E-state index contributed by atoms with van der Waals surface area (Å²) in [6, 6.07) is 0. The predicted octanol–water partition coefficient (Wildman–Crippen LogP) is 1.28. The molecule has 2 atom stereocenters. The topological polar surface area (TPSA) is 46.5 Å². The van der Waals surface area contributed by atoms with Gasteiger partial charge in [-0.1, -0.05) is 6.92 Å². The quantitative estimate of drug-likeness (QED) is 0.658. The zero-order valence-corrected chi connectivity index (χ0v) is 6.75. The average Bonchev–Trinajstić information content (AvgIpc) is 2.04. The summed E-state index contributed by atoms with van der Waals surface area (Å²) in [5.74, 6) is -0.981. The lowest BCUT2D eigenvalue weighted by molar-refractivity contribution is -0.151. The maximum Gasteiger partial charge on any atom is 0.309 e. The summed E-state index contributed by atoms with van der Waals surface area (Å²) in [5, 5.41) is 8.76. The molecule has 1 N–H and O–H groups in total. The normalized spacial score (nSPS) is 31.7. The number of carboxylic acid groups (broad SMARTS) is 1. The molecule has 0 aromatic rings. The van der Waals surface area contributed by atoms with Crippen LogP contribution in [0.1, 0.15) is 26.2 Å². The van der Waals surface area contributed by atoms with Crippen molar-refractivity contribution < 1.29 is 14.6 Å². The van der Waals surface area contributed by atoms with Crippen molar-refractivity contribution in [3.05, 3.63) is 0 Å². The molecule has 0 aliphatic carbocycles. The lowest BCUT2D eigenvalue weighted by atomic mass is 9.93. The van der Waals surface area contributed by atoms with Crippen molar-refractivity contribution in [1.82, 2.24) is 0 Å². The first-order chi connectivity index (χ1) is 5.25. The first-order valence-corrected chi connectivity index (χ1v) is 4.10. The van der Waals surface area contributed by atoms with E-state index in [-0.39, 0.29) is 12.0 Å². The number of hydrogen-bond donors (Lipinski definition) is 1. The van der Waals surface area contributed by atoms with Gasteiger partial charge in [0, 0.05) is 6.61 Å². The van der Waals surface area contributed by atoms with Crippen molar-refractivity contribution in [2.24, 2.45) is 5.92 Å². The van der Waals surface area contributed by atoms with Gasteiger partial charge in [0.15, 0.2) is 0 Å². The Morgan fingerprint density at radius 1 is 1.73 bits per heavy atom. The van der Waals surface area contributed by atoms with Gasteiger partial charge < -0.3 is 9.84 Å². The van der Waals surface area contributed by atoms with E-state index in [0.717, 1.165) is 25.9 Å². The molecule has 3 nitrogen and oxygen atoms in total. The zero-order valence-electron chi connectivity index (χ0n) is 6.75. The molecule has 1 fully saturated rings. The monoisotopic (exact) mass is 158 g/mol. The van der Waals surface area contributed by atoms with Gasteiger partial charge in [-0.3, -0.25) is 4.79 Å². The summed E-state index contributed by atoms with van der Waals surface area (Å²) in [5.41, 5.74) is 0. The number of hydrogen-bond acceptors (Lipinski definition) is 2. The van der Waals surface area contributed by atoms with Crippen molar-refractivity contribution in [2.75, 3.05) is 6.61 Å². The highest BCUT2D eigenvalue weighted by Crippen LogP contribution is 2.22. The van der Waals surface area contributed by atoms with Gasteiger partial charge in [-0.05, 0) is 19.3 Å². The molecule has 0 aromatic heterocycles. The van der Waals surface area contributed by atoms with Crippen LogP contribution in [0.2, 0.25) is 0 Å². The Hall–Kier alpha value is -0.570. The molecule has 0 radical (unpaired) electrons. The summed E-state index contributed by atoms with van der Waals surface area (Å²) in [6.45, 7) is 2.69. The second-order valence-electron chi connectivity index (χ2n) is 2.90. The Kier molecular flexibility index (Phi) is 2.88. The largest absolute Gasteiger partial charge is 0.481 e. The van der Waals surface area contributed by atoms with Gasteiger partial charge in [-0.15, -0.1) is 0 Å². The molecular weight excluding hydrogens is 144 g/mol. The maximum atomic E-state index is 10.6. The average molecular weight is 158 g/mol. The van der Waals surface area contributed by atoms with Crippen LogP contribution >= 0.6 is 0 Å². The van der Waals surface area contributed by atoms with Crippen LogP contribution in [0.5, 0.6) is 0 Å². The fraction of sp³-hybridized carbons (Fsp3) is 0.875. The van der Waals surface area contributed by atoms with E-state index in [9.17, 15) is 4.79 Å². The molecular formula is C8H14O3. The lowest BCUT2D eigenvalue weighted by Gasteiger charge is -2.27. The maximum absolute atomic E-state index is 10.6. The first-order valence-electron chi connectivity index (χ1n) is 4.10. The Balaban J connectivity index is 2.51. The molecule has 0 bridgehead atoms. The molecule has 0 amide bonds. The number of carboxylic acids is 1. The smallest absolute Gasteiger partial charge is 0.309 e. The van der Waals surface area contributed by atoms with Crippen molar-refractivity contribution in [1.29, 1.82) is 0 Å². The minimum absolute atomic E-state index is 0.0544. The van der Waals surface area contributed by atoms with E-state index in [1.807, 2.05) is 6.92 Å². The van der Waals surface area contributed by atoms with Crippen LogP contribution in [0.3, 0.4) is 0 Å². The molecule has 1 saturated heterocycles. The van der Waals surface area contributed by atoms with Crippen molar-refractivity contribution in [3.63, 3.8) is 0 Å². The van der Waals surface area contributed by atoms with E-state index < -0.39 is 5.97 Å². The number of carbonyl (C=O) groups is 1. The van der Waals surface area contributed by atoms with Crippen LogP contribution in [0.15, 0.2) is 0 Å². The number of aliphatic carboxylic acids is 1. The second-order valence-corrected chi connectivity index (χ2v) is 2.90. The highest BCUT2D eigenvalue weighted by Gasteiger charge is 2.29. The van der Waals surface area contributed by atoms with Crippen LogP contribution in [0, 0.1) is 5.92 Å². The standard InChI is InChI=1S/C8H14O3/c1-2-7-6(8(9)10)4-3-5-11-7/h6-7H,2-5H2,1H3,(H,9,10)/t6-,7-/m1/s1. The third-order valence-corrected chi connectivity index (χ3v) is 2.16. The van der Waals surface area contributed by atoms with E-state index >= 15 is 0 Å². The van der Waals surface area contributed by atoms with E-state index in [4.69, 9.17) is 9.84 Å². The van der Waals surface area contributed by atoms with Gasteiger partial charge in [-0.2, -0.15) is 0 Å². The van der Waals surface area contributed by atoms with Crippen LogP contribution in [-0.4, -0.2) is 23.8 Å². The van der Waals surface area contributed by atoms with Gasteiger partial charge in [0.05, 0.1) is 12.0 Å². The van der Waals surface area contributed by atoms with Crippen molar-refractivity contribution in [2.45, 2.75) is 32.3 Å². The second kappa shape index (κ2) is 3.72. The Morgan fingerprint density at radius 3 is 2.91 bits per heavy atom. The predicted molar refractivity (Wildman–Crippen MR) is 40.4 cm³/mol. The molecule has 1 rings (SSSR count). The van der Waals surface area contributed by atoms with Crippen molar-refractivity contribution >= 4 is 5.97 Å². The molecule has 3 heteroatoms. The van der Waals surface area contributed by atoms with Gasteiger partial charge in [0.25, 0.3) is 0 Å². The van der Waals surface area contributed by atoms with Gasteiger partial charge in [0.2, 0.25) is 0 Å². The molecule has 0 aromatic carbocycles. The van der Waals surface area contributed by atoms with E-state index in [0.29, 0.717) is 0 Å². The Bertz CT molecular complexity index is 144. The minimum Gasteiger partial charge on any atom is -0.481 e. The van der Waals surface area contributed by atoms with Gasteiger partial charge in [-0.25, -0.2) is 0 Å². The van der Waals surface area contributed by atoms with Gasteiger partial charge >= 0.3 is 5.97 Å². The Morgan fingerprint density at radius 2 is 2.45 bits per heavy atom. The van der Waals surface area contributed by atoms with E-state index in [1.54, 1.807) is 0 Å². The number of rotatable bonds is 2. The third kappa shape index (κ3) is 1.93. The zero-order chi connectivity index (χ0) is 8.27. The molecule has 11 heavy (non-hydrogen) atoms. The van der Waals surface area contributed by atoms with Crippen LogP contribution < -0.4 is 0 Å². The summed E-state index contributed by atoms with van der Waals surface area (Å²) in [4.78, 5) is 10.6. The van der Waals surface area contributed by atoms with E-state index in [2.05, 4.69) is 0 Å². The van der Waals surface area contributed by atoms with Crippen molar-refractivity contribution in [3.8, 4) is 0 Å². The molecule has 1 heterocycles. The molecule has 0 saturated carbocycles. The summed E-state index contributed by atoms with van der Waals surface area (Å²) >= 11 is 0. The highest BCUT2D eigenvalue weighted by atomic mass is 16.5. The molecule has 1 aliphatic rings. The lowest BCUT2D eigenvalue weighted by Crippen LogP contribution is -2.34. The molecule has 0 spiro atoms. The first kappa shape index (κ1) is 8.53. The Labute approximate surface area is 66.4 Å². The SMILES string of the molecule is CC[C@H]1OCCC[C@H]1C(=O)O. The highest BCUT2D eigenvalue weighted by molar-refractivity contribution is 5.70.